The first-order valence-electron chi connectivity index (χ1n) is 7.24. The first-order valence-corrected chi connectivity index (χ1v) is 7.24. The lowest BCUT2D eigenvalue weighted by Crippen LogP contribution is -2.31. The van der Waals surface area contributed by atoms with Gasteiger partial charge in [0.15, 0.2) is 0 Å². The quantitative estimate of drug-likeness (QED) is 0.793. The number of nitrogens with zero attached hydrogens (tertiary/aromatic N) is 1. The molecule has 3 N–H and O–H groups in total. The fourth-order valence-electron chi connectivity index (χ4n) is 3.01. The van der Waals surface area contributed by atoms with Crippen molar-refractivity contribution in [1.82, 2.24) is 5.32 Å². The van der Waals surface area contributed by atoms with Gasteiger partial charge in [0, 0.05) is 25.3 Å². The fraction of sp³-hybridized carbons (Fsp3) is 0.294. The van der Waals surface area contributed by atoms with E-state index in [9.17, 15) is 10.2 Å². The van der Waals surface area contributed by atoms with Gasteiger partial charge in [0.05, 0.1) is 11.6 Å². The lowest BCUT2D eigenvalue weighted by atomic mass is 10.0. The smallest absolute Gasteiger partial charge is 0.124 e. The molecule has 0 saturated carbocycles. The van der Waals surface area contributed by atoms with Gasteiger partial charge >= 0.3 is 0 Å². The standard InChI is InChI=1S/C17H20N2O2/c1-12(17-15(20)7-4-8-16(17)21)19-10-9-18-11-13-5-2-3-6-14(13)19/h2-8,12,18,20-21H,9-11H2,1H3. The van der Waals surface area contributed by atoms with E-state index in [0.717, 1.165) is 25.3 Å². The third-order valence-electron chi connectivity index (χ3n) is 4.09. The van der Waals surface area contributed by atoms with E-state index >= 15 is 0 Å². The number of hydrogen-bond acceptors (Lipinski definition) is 4. The molecule has 0 bridgehead atoms. The second-order valence-electron chi connectivity index (χ2n) is 5.38. The van der Waals surface area contributed by atoms with Crippen molar-refractivity contribution < 1.29 is 10.2 Å². The van der Waals surface area contributed by atoms with E-state index in [1.54, 1.807) is 18.2 Å². The minimum Gasteiger partial charge on any atom is -0.507 e. The van der Waals surface area contributed by atoms with Gasteiger partial charge < -0.3 is 20.4 Å². The van der Waals surface area contributed by atoms with Gasteiger partial charge in [-0.1, -0.05) is 24.3 Å². The van der Waals surface area contributed by atoms with Crippen molar-refractivity contribution in [2.45, 2.75) is 19.5 Å². The Kier molecular flexibility index (Phi) is 3.71. The van der Waals surface area contributed by atoms with Crippen LogP contribution in [-0.2, 0) is 6.54 Å². The summed E-state index contributed by atoms with van der Waals surface area (Å²) in [6.07, 6.45) is 0. The van der Waals surface area contributed by atoms with Gasteiger partial charge in [0.25, 0.3) is 0 Å². The molecule has 1 aliphatic heterocycles. The molecule has 0 amide bonds. The number of benzene rings is 2. The number of rotatable bonds is 2. The van der Waals surface area contributed by atoms with Gasteiger partial charge in [-0.2, -0.15) is 0 Å². The van der Waals surface area contributed by atoms with Crippen LogP contribution in [0.25, 0.3) is 0 Å². The summed E-state index contributed by atoms with van der Waals surface area (Å²) in [5, 5.41) is 23.6. The topological polar surface area (TPSA) is 55.7 Å². The van der Waals surface area contributed by atoms with Crippen LogP contribution in [0.2, 0.25) is 0 Å². The molecule has 1 unspecified atom stereocenters. The molecule has 1 aliphatic rings. The molecular weight excluding hydrogens is 264 g/mol. The van der Waals surface area contributed by atoms with E-state index in [0.29, 0.717) is 5.56 Å². The molecule has 2 aromatic carbocycles. The summed E-state index contributed by atoms with van der Waals surface area (Å²) in [5.74, 6) is 0.273. The Morgan fingerprint density at radius 3 is 2.52 bits per heavy atom. The third kappa shape index (κ3) is 2.54. The van der Waals surface area contributed by atoms with Crippen molar-refractivity contribution in [3.05, 3.63) is 53.6 Å². The summed E-state index contributed by atoms with van der Waals surface area (Å²) in [6, 6.07) is 13.0. The van der Waals surface area contributed by atoms with Crippen LogP contribution in [0.5, 0.6) is 11.5 Å². The van der Waals surface area contributed by atoms with Crippen molar-refractivity contribution in [2.75, 3.05) is 18.0 Å². The van der Waals surface area contributed by atoms with Crippen molar-refractivity contribution in [1.29, 1.82) is 0 Å². The van der Waals surface area contributed by atoms with Gasteiger partial charge in [-0.15, -0.1) is 0 Å². The van der Waals surface area contributed by atoms with Crippen LogP contribution in [0.15, 0.2) is 42.5 Å². The Balaban J connectivity index is 2.03. The van der Waals surface area contributed by atoms with E-state index in [-0.39, 0.29) is 17.5 Å². The van der Waals surface area contributed by atoms with Crippen LogP contribution >= 0.6 is 0 Å². The van der Waals surface area contributed by atoms with E-state index in [1.165, 1.54) is 5.56 Å². The van der Waals surface area contributed by atoms with Gasteiger partial charge in [-0.25, -0.2) is 0 Å². The number of fused-ring (bicyclic) bond motifs is 1. The van der Waals surface area contributed by atoms with Crippen LogP contribution in [0.3, 0.4) is 0 Å². The first kappa shape index (κ1) is 13.8. The Morgan fingerprint density at radius 1 is 1.05 bits per heavy atom. The lowest BCUT2D eigenvalue weighted by molar-refractivity contribution is 0.428. The molecular formula is C17H20N2O2. The molecule has 2 aromatic rings. The summed E-state index contributed by atoms with van der Waals surface area (Å²) in [6.45, 7) is 4.54. The zero-order chi connectivity index (χ0) is 14.8. The molecule has 0 aromatic heterocycles. The van der Waals surface area contributed by atoms with Gasteiger partial charge in [-0.05, 0) is 30.7 Å². The molecule has 3 rings (SSSR count). The van der Waals surface area contributed by atoms with Gasteiger partial charge in [0.1, 0.15) is 11.5 Å². The Hall–Kier alpha value is -2.20. The molecule has 0 spiro atoms. The average Bonchev–Trinajstić information content (AvgIpc) is 2.69. The highest BCUT2D eigenvalue weighted by atomic mass is 16.3. The Morgan fingerprint density at radius 2 is 1.76 bits per heavy atom. The second kappa shape index (κ2) is 5.66. The van der Waals surface area contributed by atoms with Crippen molar-refractivity contribution >= 4 is 5.69 Å². The monoisotopic (exact) mass is 284 g/mol. The Labute approximate surface area is 124 Å². The number of aromatic hydroxyl groups is 2. The predicted octanol–water partition coefficient (Wildman–Crippen LogP) is 2.77. The maximum Gasteiger partial charge on any atom is 0.124 e. The van der Waals surface area contributed by atoms with Crippen molar-refractivity contribution in [3.63, 3.8) is 0 Å². The highest BCUT2D eigenvalue weighted by Gasteiger charge is 2.24. The largest absolute Gasteiger partial charge is 0.507 e. The molecule has 1 atom stereocenters. The molecule has 1 heterocycles. The molecule has 0 aliphatic carbocycles. The predicted molar refractivity (Wildman–Crippen MR) is 83.7 cm³/mol. The summed E-state index contributed by atoms with van der Waals surface area (Å²) in [4.78, 5) is 2.23. The minimum absolute atomic E-state index is 0.104. The zero-order valence-corrected chi connectivity index (χ0v) is 12.1. The van der Waals surface area contributed by atoms with E-state index in [4.69, 9.17) is 0 Å². The summed E-state index contributed by atoms with van der Waals surface area (Å²) in [5.41, 5.74) is 2.96. The van der Waals surface area contributed by atoms with E-state index in [1.807, 2.05) is 19.1 Å². The molecule has 4 heteroatoms. The normalized spacial score (nSPS) is 16.1. The van der Waals surface area contributed by atoms with Crippen LogP contribution in [0, 0.1) is 0 Å². The Bertz CT molecular complexity index is 622. The van der Waals surface area contributed by atoms with Crippen LogP contribution < -0.4 is 10.2 Å². The van der Waals surface area contributed by atoms with Crippen molar-refractivity contribution in [3.8, 4) is 11.5 Å². The summed E-state index contributed by atoms with van der Waals surface area (Å²) < 4.78 is 0. The lowest BCUT2D eigenvalue weighted by Gasteiger charge is -2.32. The van der Waals surface area contributed by atoms with Crippen LogP contribution in [-0.4, -0.2) is 23.3 Å². The summed E-state index contributed by atoms with van der Waals surface area (Å²) >= 11 is 0. The van der Waals surface area contributed by atoms with Gasteiger partial charge in [-0.3, -0.25) is 0 Å². The number of anilines is 1. The third-order valence-corrected chi connectivity index (χ3v) is 4.09. The zero-order valence-electron chi connectivity index (χ0n) is 12.1. The number of para-hydroxylation sites is 1. The van der Waals surface area contributed by atoms with Gasteiger partial charge in [0.2, 0.25) is 0 Å². The molecule has 21 heavy (non-hydrogen) atoms. The van der Waals surface area contributed by atoms with Crippen molar-refractivity contribution in [2.24, 2.45) is 0 Å². The number of phenols is 2. The van der Waals surface area contributed by atoms with Crippen LogP contribution in [0.4, 0.5) is 5.69 Å². The highest BCUT2D eigenvalue weighted by Crippen LogP contribution is 2.38. The van der Waals surface area contributed by atoms with E-state index < -0.39 is 0 Å². The number of nitrogens with one attached hydrogen (secondary N) is 1. The molecule has 110 valence electrons. The molecule has 0 fully saturated rings. The first-order chi connectivity index (χ1) is 10.2. The van der Waals surface area contributed by atoms with Crippen LogP contribution in [0.1, 0.15) is 24.1 Å². The second-order valence-corrected chi connectivity index (χ2v) is 5.38. The number of phenolic OH excluding ortho intramolecular Hbond substituents is 2. The minimum atomic E-state index is -0.104. The van der Waals surface area contributed by atoms with E-state index in [2.05, 4.69) is 22.3 Å². The molecule has 4 nitrogen and oxygen atoms in total. The SMILES string of the molecule is CC(c1c(O)cccc1O)N1CCNCc2ccccc21. The average molecular weight is 284 g/mol. The molecule has 0 saturated heterocycles. The fourth-order valence-corrected chi connectivity index (χ4v) is 3.01. The maximum atomic E-state index is 10.1. The number of hydrogen-bond donors (Lipinski definition) is 3. The summed E-state index contributed by atoms with van der Waals surface area (Å²) in [7, 11) is 0. The maximum absolute atomic E-state index is 10.1. The highest BCUT2D eigenvalue weighted by molar-refractivity contribution is 5.58. The molecule has 0 radical (unpaired) electrons.